The number of Topliss-reactive ketones (excluding diaryl/α,β-unsaturated/α-hetero) is 1. The average Bonchev–Trinajstić information content (AvgIpc) is 3.06. The Morgan fingerprint density at radius 3 is 2.60 bits per heavy atom. The third kappa shape index (κ3) is 4.15. The number of carbonyl (C=O) groups excluding carboxylic acids is 3. The van der Waals surface area contributed by atoms with Gasteiger partial charge in [0.2, 0.25) is 5.78 Å². The minimum absolute atomic E-state index is 0.0226. The molecule has 4 rings (SSSR count). The molecule has 9 heteroatoms. The first-order valence-corrected chi connectivity index (χ1v) is 12.6. The van der Waals surface area contributed by atoms with Crippen LogP contribution >= 0.6 is 0 Å². The second-order valence-electron chi connectivity index (χ2n) is 11.5. The van der Waals surface area contributed by atoms with Crippen molar-refractivity contribution in [2.24, 2.45) is 34.3 Å². The van der Waals surface area contributed by atoms with Crippen LogP contribution in [0.15, 0.2) is 11.6 Å². The molecule has 5 N–H and O–H groups in total. The second-order valence-corrected chi connectivity index (χ2v) is 11.5. The number of aliphatic hydroxyl groups excluding tert-OH is 1. The van der Waals surface area contributed by atoms with Crippen LogP contribution in [0.4, 0.5) is 0 Å². The minimum atomic E-state index is -1.74. The highest BCUT2D eigenvalue weighted by atomic mass is 16.5. The van der Waals surface area contributed by atoms with Crippen LogP contribution in [0, 0.1) is 28.6 Å². The number of ketones is 2. The van der Waals surface area contributed by atoms with E-state index in [9.17, 15) is 29.4 Å². The van der Waals surface area contributed by atoms with Gasteiger partial charge in [0.25, 0.3) is 0 Å². The summed E-state index contributed by atoms with van der Waals surface area (Å²) in [6.07, 6.45) is 4.51. The fraction of sp³-hybridized carbons (Fsp3) is 0.769. The van der Waals surface area contributed by atoms with Gasteiger partial charge in [0.15, 0.2) is 12.4 Å². The molecular formula is C26H37NO8. The zero-order chi connectivity index (χ0) is 25.8. The molecule has 35 heavy (non-hydrogen) atoms. The number of esters is 1. The van der Waals surface area contributed by atoms with Gasteiger partial charge < -0.3 is 25.8 Å². The zero-order valence-corrected chi connectivity index (χ0v) is 20.5. The number of allylic oxidation sites excluding steroid dienone is 1. The van der Waals surface area contributed by atoms with Gasteiger partial charge in [-0.2, -0.15) is 0 Å². The van der Waals surface area contributed by atoms with E-state index in [4.69, 9.17) is 15.6 Å². The van der Waals surface area contributed by atoms with E-state index in [-0.39, 0.29) is 54.6 Å². The molecule has 0 aromatic carbocycles. The van der Waals surface area contributed by atoms with E-state index < -0.39 is 47.5 Å². The number of aliphatic hydroxyl groups is 2. The van der Waals surface area contributed by atoms with E-state index in [1.54, 1.807) is 6.08 Å². The fourth-order valence-corrected chi connectivity index (χ4v) is 7.91. The monoisotopic (exact) mass is 491 g/mol. The molecule has 4 aliphatic carbocycles. The molecule has 3 saturated carbocycles. The molecule has 9 nitrogen and oxygen atoms in total. The third-order valence-corrected chi connectivity index (χ3v) is 9.83. The summed E-state index contributed by atoms with van der Waals surface area (Å²) in [7, 11) is 0. The molecule has 4 aliphatic rings. The second kappa shape index (κ2) is 9.09. The van der Waals surface area contributed by atoms with Crippen LogP contribution in [-0.4, -0.2) is 63.2 Å². The Kier molecular flexibility index (Phi) is 6.74. The van der Waals surface area contributed by atoms with Crippen molar-refractivity contribution in [3.8, 4) is 0 Å². The highest BCUT2D eigenvalue weighted by molar-refractivity contribution is 5.92. The van der Waals surface area contributed by atoms with Crippen molar-refractivity contribution in [1.82, 2.24) is 0 Å². The predicted molar refractivity (Wildman–Crippen MR) is 124 cm³/mol. The lowest BCUT2D eigenvalue weighted by atomic mass is 9.45. The van der Waals surface area contributed by atoms with Gasteiger partial charge >= 0.3 is 11.9 Å². The average molecular weight is 492 g/mol. The molecule has 0 bridgehead atoms. The van der Waals surface area contributed by atoms with Crippen LogP contribution in [0.2, 0.25) is 0 Å². The molecule has 0 aromatic rings. The number of aliphatic carboxylic acids is 1. The molecule has 0 heterocycles. The predicted octanol–water partition coefficient (Wildman–Crippen LogP) is 1.52. The largest absolute Gasteiger partial charge is 0.481 e. The van der Waals surface area contributed by atoms with E-state index in [0.717, 1.165) is 18.4 Å². The SMILES string of the molecule is C[C@]12CCC(=O)C=C1CC[C@H]1[C@@H]2[C@H](O)C[C@]2(C)[C@@H]1CC[C@]2(O)C(=O)COC(=O)[C@H](N)CCC(=O)O. The lowest BCUT2D eigenvalue weighted by molar-refractivity contribution is -0.184. The number of fused-ring (bicyclic) bond motifs is 5. The molecule has 0 aromatic heterocycles. The van der Waals surface area contributed by atoms with Crippen molar-refractivity contribution in [3.05, 3.63) is 11.6 Å². The highest BCUT2D eigenvalue weighted by Crippen LogP contribution is 2.67. The first-order valence-electron chi connectivity index (χ1n) is 12.6. The zero-order valence-electron chi connectivity index (χ0n) is 20.5. The standard InChI is InChI=1S/C26H37NO8/c1-24-9-7-15(28)11-14(24)3-4-16-17-8-10-26(34,25(17,2)12-19(29)22(16)24)20(30)13-35-23(33)18(27)5-6-21(31)32/h11,16-19,22,29,34H,3-10,12-13,27H2,1-2H3,(H,31,32)/t16-,17-,18-,19-,22-,24+,25-,26+/m1/s1. The van der Waals surface area contributed by atoms with Crippen molar-refractivity contribution in [1.29, 1.82) is 0 Å². The van der Waals surface area contributed by atoms with Crippen LogP contribution in [0.1, 0.15) is 71.6 Å². The smallest absolute Gasteiger partial charge is 0.323 e. The summed E-state index contributed by atoms with van der Waals surface area (Å²) in [5.41, 5.74) is 3.91. The summed E-state index contributed by atoms with van der Waals surface area (Å²) < 4.78 is 5.06. The van der Waals surface area contributed by atoms with Crippen LogP contribution in [0.25, 0.3) is 0 Å². The molecular weight excluding hydrogens is 454 g/mol. The number of carboxylic acid groups (broad SMARTS) is 1. The van der Waals surface area contributed by atoms with E-state index in [1.165, 1.54) is 0 Å². The van der Waals surface area contributed by atoms with Crippen LogP contribution in [0.3, 0.4) is 0 Å². The molecule has 0 saturated heterocycles. The number of hydrogen-bond acceptors (Lipinski definition) is 8. The lowest BCUT2D eigenvalue weighted by Crippen LogP contribution is -2.62. The molecule has 0 spiro atoms. The summed E-state index contributed by atoms with van der Waals surface area (Å²) in [5, 5.41) is 31.8. The van der Waals surface area contributed by atoms with Gasteiger partial charge in [-0.1, -0.05) is 19.4 Å². The highest BCUT2D eigenvalue weighted by Gasteiger charge is 2.68. The first-order chi connectivity index (χ1) is 16.3. The van der Waals surface area contributed by atoms with Gasteiger partial charge in [-0.15, -0.1) is 0 Å². The van der Waals surface area contributed by atoms with Gasteiger partial charge in [-0.25, -0.2) is 0 Å². The minimum Gasteiger partial charge on any atom is -0.481 e. The van der Waals surface area contributed by atoms with Gasteiger partial charge in [-0.3, -0.25) is 19.2 Å². The van der Waals surface area contributed by atoms with Gasteiger partial charge in [-0.05, 0) is 74.2 Å². The van der Waals surface area contributed by atoms with Crippen molar-refractivity contribution in [3.63, 3.8) is 0 Å². The number of nitrogens with two attached hydrogens (primary N) is 1. The molecule has 8 atom stereocenters. The normalized spacial score (nSPS) is 41.2. The van der Waals surface area contributed by atoms with Crippen LogP contribution in [0.5, 0.6) is 0 Å². The Labute approximate surface area is 205 Å². The number of carboxylic acids is 1. The Morgan fingerprint density at radius 2 is 1.91 bits per heavy atom. The number of hydrogen-bond donors (Lipinski definition) is 4. The van der Waals surface area contributed by atoms with Crippen molar-refractivity contribution < 1.29 is 39.2 Å². The van der Waals surface area contributed by atoms with Crippen molar-refractivity contribution in [2.45, 2.75) is 89.4 Å². The Bertz CT molecular complexity index is 961. The first kappa shape index (κ1) is 26.0. The molecule has 3 fully saturated rings. The topological polar surface area (TPSA) is 164 Å². The molecule has 0 aliphatic heterocycles. The molecule has 194 valence electrons. The van der Waals surface area contributed by atoms with Gasteiger partial charge in [0, 0.05) is 18.3 Å². The number of rotatable bonds is 7. The molecule has 0 radical (unpaired) electrons. The summed E-state index contributed by atoms with van der Waals surface area (Å²) in [6, 6.07) is -1.16. The van der Waals surface area contributed by atoms with Crippen molar-refractivity contribution in [2.75, 3.05) is 6.61 Å². The lowest BCUT2D eigenvalue weighted by Gasteiger charge is -2.60. The summed E-state index contributed by atoms with van der Waals surface area (Å²) >= 11 is 0. The quantitative estimate of drug-likeness (QED) is 0.386. The molecule has 0 amide bonds. The number of ether oxygens (including phenoxy) is 1. The van der Waals surface area contributed by atoms with Gasteiger partial charge in [0.05, 0.1) is 6.10 Å². The maximum absolute atomic E-state index is 13.2. The van der Waals surface area contributed by atoms with E-state index in [2.05, 4.69) is 6.92 Å². The van der Waals surface area contributed by atoms with Crippen molar-refractivity contribution >= 4 is 23.5 Å². The summed E-state index contributed by atoms with van der Waals surface area (Å²) in [6.45, 7) is 3.36. The summed E-state index contributed by atoms with van der Waals surface area (Å²) in [4.78, 5) is 48.1. The Hall–Kier alpha value is -2.10. The maximum atomic E-state index is 13.2. The third-order valence-electron chi connectivity index (χ3n) is 9.83. The fourth-order valence-electron chi connectivity index (χ4n) is 7.91. The van der Waals surface area contributed by atoms with Crippen LogP contribution < -0.4 is 5.73 Å². The van der Waals surface area contributed by atoms with Gasteiger partial charge in [0.1, 0.15) is 11.6 Å². The Morgan fingerprint density at radius 1 is 1.20 bits per heavy atom. The molecule has 0 unspecified atom stereocenters. The Balaban J connectivity index is 1.49. The maximum Gasteiger partial charge on any atom is 0.323 e. The van der Waals surface area contributed by atoms with E-state index in [0.29, 0.717) is 19.3 Å². The van der Waals surface area contributed by atoms with E-state index >= 15 is 0 Å². The summed E-state index contributed by atoms with van der Waals surface area (Å²) in [5.74, 6) is -2.32. The van der Waals surface area contributed by atoms with E-state index in [1.807, 2.05) is 6.92 Å². The van der Waals surface area contributed by atoms with Crippen LogP contribution in [-0.2, 0) is 23.9 Å². The number of carbonyl (C=O) groups is 4.